The normalized spacial score (nSPS) is 11.9. The Balaban J connectivity index is 2.59. The van der Waals surface area contributed by atoms with Crippen molar-refractivity contribution in [1.82, 2.24) is 0 Å². The van der Waals surface area contributed by atoms with Gasteiger partial charge in [-0.1, -0.05) is 12.1 Å². The van der Waals surface area contributed by atoms with Crippen molar-refractivity contribution in [2.75, 3.05) is 7.11 Å². The van der Waals surface area contributed by atoms with Crippen LogP contribution in [0, 0.1) is 6.92 Å². The summed E-state index contributed by atoms with van der Waals surface area (Å²) in [7, 11) is 1.24. The van der Waals surface area contributed by atoms with Crippen molar-refractivity contribution in [1.29, 1.82) is 0 Å². The summed E-state index contributed by atoms with van der Waals surface area (Å²) in [6, 6.07) is 7.34. The summed E-state index contributed by atoms with van der Waals surface area (Å²) >= 11 is 0. The van der Waals surface area contributed by atoms with E-state index in [4.69, 9.17) is 4.42 Å². The molecule has 1 heterocycles. The highest BCUT2D eigenvalue weighted by atomic mass is 16.5. The van der Waals surface area contributed by atoms with Gasteiger partial charge in [-0.2, -0.15) is 0 Å². The molecule has 0 spiro atoms. The van der Waals surface area contributed by atoms with Gasteiger partial charge in [0.15, 0.2) is 5.76 Å². The van der Waals surface area contributed by atoms with E-state index in [0.717, 1.165) is 6.07 Å². The number of esters is 1. The van der Waals surface area contributed by atoms with Gasteiger partial charge in [-0.3, -0.25) is 9.59 Å². The van der Waals surface area contributed by atoms with Crippen LogP contribution in [0.3, 0.4) is 0 Å². The summed E-state index contributed by atoms with van der Waals surface area (Å²) in [5.74, 6) is -1.54. The number of phenols is 1. The third-order valence-electron chi connectivity index (χ3n) is 3.26. The molecule has 0 unspecified atom stereocenters. The van der Waals surface area contributed by atoms with Gasteiger partial charge in [0.25, 0.3) is 0 Å². The van der Waals surface area contributed by atoms with Crippen LogP contribution in [-0.4, -0.2) is 23.3 Å². The van der Waals surface area contributed by atoms with E-state index in [1.807, 2.05) is 0 Å². The number of phenolic OH excluding ortho intramolecular Hbond substituents is 1. The molecule has 6 heteroatoms. The summed E-state index contributed by atoms with van der Waals surface area (Å²) in [5.41, 5.74) is -0.0665. The number of aromatic hydroxyl groups is 2. The molecule has 0 saturated carbocycles. The SMILES string of the molecule is COC(=O)C[C@@H](c1cccc(O)c1)c1oc(C)cc(=O)c1O. The lowest BCUT2D eigenvalue weighted by molar-refractivity contribution is -0.140. The van der Waals surface area contributed by atoms with Crippen molar-refractivity contribution in [3.8, 4) is 11.5 Å². The van der Waals surface area contributed by atoms with Crippen molar-refractivity contribution >= 4 is 5.97 Å². The van der Waals surface area contributed by atoms with E-state index in [1.54, 1.807) is 19.1 Å². The second-order valence-electron chi connectivity index (χ2n) is 4.86. The van der Waals surface area contributed by atoms with Crippen molar-refractivity contribution in [3.05, 3.63) is 57.6 Å². The molecule has 0 bridgehead atoms. The summed E-state index contributed by atoms with van der Waals surface area (Å²) in [4.78, 5) is 23.4. The topological polar surface area (TPSA) is 97.0 Å². The number of rotatable bonds is 4. The first-order chi connectivity index (χ1) is 10.4. The molecule has 2 rings (SSSR count). The lowest BCUT2D eigenvalue weighted by atomic mass is 9.92. The Bertz CT molecular complexity index is 747. The molecule has 1 atom stereocenters. The average molecular weight is 304 g/mol. The second-order valence-corrected chi connectivity index (χ2v) is 4.86. The van der Waals surface area contributed by atoms with Crippen molar-refractivity contribution in [3.63, 3.8) is 0 Å². The zero-order valence-corrected chi connectivity index (χ0v) is 12.2. The molecule has 116 valence electrons. The molecule has 0 radical (unpaired) electrons. The minimum absolute atomic E-state index is 0.00172. The van der Waals surface area contributed by atoms with Crippen molar-refractivity contribution < 1.29 is 24.2 Å². The third kappa shape index (κ3) is 3.28. The van der Waals surface area contributed by atoms with Crippen LogP contribution in [0.15, 0.2) is 39.5 Å². The molecule has 0 saturated heterocycles. The van der Waals surface area contributed by atoms with Gasteiger partial charge in [0.1, 0.15) is 11.5 Å². The Morgan fingerprint density at radius 2 is 2.05 bits per heavy atom. The number of methoxy groups -OCH3 is 1. The number of hydrogen-bond acceptors (Lipinski definition) is 6. The molecule has 0 aliphatic carbocycles. The highest BCUT2D eigenvalue weighted by molar-refractivity contribution is 5.71. The minimum Gasteiger partial charge on any atom is -0.508 e. The van der Waals surface area contributed by atoms with Gasteiger partial charge in [0.2, 0.25) is 11.2 Å². The summed E-state index contributed by atoms with van der Waals surface area (Å²) in [5, 5.41) is 19.6. The molecular weight excluding hydrogens is 288 g/mol. The zero-order valence-electron chi connectivity index (χ0n) is 12.2. The maximum Gasteiger partial charge on any atom is 0.306 e. The number of benzene rings is 1. The number of ether oxygens (including phenoxy) is 1. The monoisotopic (exact) mass is 304 g/mol. The van der Waals surface area contributed by atoms with Crippen LogP contribution in [0.25, 0.3) is 0 Å². The fourth-order valence-corrected chi connectivity index (χ4v) is 2.22. The van der Waals surface area contributed by atoms with Gasteiger partial charge in [0.05, 0.1) is 19.4 Å². The van der Waals surface area contributed by atoms with Crippen LogP contribution in [-0.2, 0) is 9.53 Å². The van der Waals surface area contributed by atoms with Crippen LogP contribution < -0.4 is 5.43 Å². The predicted octanol–water partition coefficient (Wildman–Crippen LogP) is 2.05. The minimum atomic E-state index is -0.743. The lowest BCUT2D eigenvalue weighted by Crippen LogP contribution is -2.13. The van der Waals surface area contributed by atoms with E-state index in [1.165, 1.54) is 19.2 Å². The van der Waals surface area contributed by atoms with Gasteiger partial charge in [-0.15, -0.1) is 0 Å². The van der Waals surface area contributed by atoms with Crippen LogP contribution in [0.1, 0.15) is 29.4 Å². The maximum atomic E-state index is 11.7. The highest BCUT2D eigenvalue weighted by Gasteiger charge is 2.26. The molecule has 2 aromatic rings. The third-order valence-corrected chi connectivity index (χ3v) is 3.26. The van der Waals surface area contributed by atoms with Crippen LogP contribution in [0.4, 0.5) is 0 Å². The second kappa shape index (κ2) is 6.34. The van der Waals surface area contributed by atoms with Crippen molar-refractivity contribution in [2.45, 2.75) is 19.3 Å². The van der Waals surface area contributed by atoms with Crippen LogP contribution in [0.5, 0.6) is 11.5 Å². The summed E-state index contributed by atoms with van der Waals surface area (Å²) in [6.45, 7) is 1.57. The Morgan fingerprint density at radius 3 is 2.68 bits per heavy atom. The fourth-order valence-electron chi connectivity index (χ4n) is 2.22. The summed E-state index contributed by atoms with van der Waals surface area (Å²) < 4.78 is 10.1. The molecule has 0 aliphatic rings. The smallest absolute Gasteiger partial charge is 0.306 e. The number of hydrogen-bond donors (Lipinski definition) is 2. The largest absolute Gasteiger partial charge is 0.508 e. The predicted molar refractivity (Wildman–Crippen MR) is 78.0 cm³/mol. The molecule has 22 heavy (non-hydrogen) atoms. The Labute approximate surface area is 126 Å². The van der Waals surface area contributed by atoms with Gasteiger partial charge in [-0.05, 0) is 24.6 Å². The molecule has 6 nitrogen and oxygen atoms in total. The van der Waals surface area contributed by atoms with Crippen LogP contribution in [0.2, 0.25) is 0 Å². The fraction of sp³-hybridized carbons (Fsp3) is 0.250. The maximum absolute atomic E-state index is 11.7. The molecule has 0 fully saturated rings. The molecule has 2 N–H and O–H groups in total. The van der Waals surface area contributed by atoms with E-state index in [9.17, 15) is 19.8 Å². The highest BCUT2D eigenvalue weighted by Crippen LogP contribution is 2.34. The molecular formula is C16H16O6. The first kappa shape index (κ1) is 15.6. The van der Waals surface area contributed by atoms with Gasteiger partial charge < -0.3 is 19.4 Å². The van der Waals surface area contributed by atoms with Gasteiger partial charge in [-0.25, -0.2) is 0 Å². The number of carbonyl (C=O) groups excluding carboxylic acids is 1. The first-order valence-electron chi connectivity index (χ1n) is 6.61. The Hall–Kier alpha value is -2.76. The van der Waals surface area contributed by atoms with E-state index in [2.05, 4.69) is 4.74 Å². The van der Waals surface area contributed by atoms with Gasteiger partial charge in [0, 0.05) is 6.07 Å². The Morgan fingerprint density at radius 1 is 1.32 bits per heavy atom. The molecule has 1 aromatic carbocycles. The summed E-state index contributed by atoms with van der Waals surface area (Å²) in [6.07, 6.45) is -0.139. The molecule has 0 amide bonds. The van der Waals surface area contributed by atoms with E-state index >= 15 is 0 Å². The molecule has 1 aromatic heterocycles. The first-order valence-corrected chi connectivity index (χ1v) is 6.61. The quantitative estimate of drug-likeness (QED) is 0.839. The zero-order chi connectivity index (χ0) is 16.3. The lowest BCUT2D eigenvalue weighted by Gasteiger charge is -2.17. The van der Waals surface area contributed by atoms with E-state index in [-0.39, 0.29) is 17.9 Å². The van der Waals surface area contributed by atoms with E-state index in [0.29, 0.717) is 11.3 Å². The Kier molecular flexibility index (Phi) is 4.50. The number of aryl methyl sites for hydroxylation is 1. The van der Waals surface area contributed by atoms with Crippen LogP contribution >= 0.6 is 0 Å². The number of carbonyl (C=O) groups is 1. The average Bonchev–Trinajstić information content (AvgIpc) is 2.48. The van der Waals surface area contributed by atoms with Gasteiger partial charge >= 0.3 is 5.97 Å². The molecule has 0 aliphatic heterocycles. The van der Waals surface area contributed by atoms with Crippen molar-refractivity contribution in [2.24, 2.45) is 0 Å². The van der Waals surface area contributed by atoms with E-state index < -0.39 is 23.1 Å². The standard InChI is InChI=1S/C16H16O6/c1-9-6-13(18)15(20)16(22-9)12(8-14(19)21-2)10-4-3-5-11(17)7-10/h3-7,12,17,20H,8H2,1-2H3/t12-/m0/s1.